The average Bonchev–Trinajstić information content (AvgIpc) is 2.50. The molecule has 2 heteroatoms. The zero-order valence-corrected chi connectivity index (χ0v) is 9.29. The number of hydrogen-bond acceptors (Lipinski definition) is 2. The molecule has 0 bridgehead atoms. The number of rotatable bonds is 4. The fourth-order valence-electron chi connectivity index (χ4n) is 2.28. The molecule has 0 saturated carbocycles. The summed E-state index contributed by atoms with van der Waals surface area (Å²) >= 11 is 0. The molecule has 1 rings (SSSR count). The van der Waals surface area contributed by atoms with E-state index < -0.39 is 0 Å². The van der Waals surface area contributed by atoms with Gasteiger partial charge >= 0.3 is 0 Å². The molecule has 0 aromatic carbocycles. The molecule has 2 N–H and O–H groups in total. The Hall–Kier alpha value is -0.0800. The Morgan fingerprint density at radius 1 is 1.46 bits per heavy atom. The number of hydrogen-bond donors (Lipinski definition) is 1. The highest BCUT2D eigenvalue weighted by Gasteiger charge is 2.24. The summed E-state index contributed by atoms with van der Waals surface area (Å²) in [5, 5.41) is 0. The monoisotopic (exact) mass is 184 g/mol. The van der Waals surface area contributed by atoms with Crippen molar-refractivity contribution in [3.05, 3.63) is 0 Å². The number of nitrogens with two attached hydrogens (primary N) is 1. The van der Waals surface area contributed by atoms with E-state index in [-0.39, 0.29) is 0 Å². The Kier molecular flexibility index (Phi) is 4.20. The largest absolute Gasteiger partial charge is 0.328 e. The van der Waals surface area contributed by atoms with E-state index in [1.807, 2.05) is 0 Å². The maximum absolute atomic E-state index is 5.80. The quantitative estimate of drug-likeness (QED) is 0.722. The first-order chi connectivity index (χ1) is 6.13. The van der Waals surface area contributed by atoms with Crippen LogP contribution in [0.2, 0.25) is 0 Å². The highest BCUT2D eigenvalue weighted by molar-refractivity contribution is 4.80. The number of likely N-dealkylation sites (tertiary alicyclic amines) is 1. The van der Waals surface area contributed by atoms with Gasteiger partial charge in [-0.25, -0.2) is 0 Å². The standard InChI is InChI=1S/C11H24N2/c1-4-11-5-6-13(8-11)10(3)7-9(2)12/h9-11H,4-8,12H2,1-3H3. The van der Waals surface area contributed by atoms with Gasteiger partial charge in [0.25, 0.3) is 0 Å². The van der Waals surface area contributed by atoms with Crippen molar-refractivity contribution in [1.82, 2.24) is 4.90 Å². The Bertz CT molecular complexity index is 145. The molecule has 1 heterocycles. The fraction of sp³-hybridized carbons (Fsp3) is 1.00. The Morgan fingerprint density at radius 2 is 2.15 bits per heavy atom. The van der Waals surface area contributed by atoms with Crippen LogP contribution in [0, 0.1) is 5.92 Å². The molecule has 0 spiro atoms. The minimum absolute atomic E-state index is 0.343. The summed E-state index contributed by atoms with van der Waals surface area (Å²) in [4.78, 5) is 2.59. The van der Waals surface area contributed by atoms with Crippen LogP contribution in [-0.2, 0) is 0 Å². The minimum atomic E-state index is 0.343. The molecular formula is C11H24N2. The van der Waals surface area contributed by atoms with Gasteiger partial charge < -0.3 is 10.6 Å². The van der Waals surface area contributed by atoms with Crippen molar-refractivity contribution in [2.75, 3.05) is 13.1 Å². The molecule has 1 aliphatic rings. The molecule has 0 aliphatic carbocycles. The van der Waals surface area contributed by atoms with E-state index in [4.69, 9.17) is 5.73 Å². The van der Waals surface area contributed by atoms with E-state index in [2.05, 4.69) is 25.7 Å². The smallest absolute Gasteiger partial charge is 0.00816 e. The highest BCUT2D eigenvalue weighted by Crippen LogP contribution is 2.22. The molecule has 13 heavy (non-hydrogen) atoms. The van der Waals surface area contributed by atoms with Crippen LogP contribution in [0.25, 0.3) is 0 Å². The first-order valence-electron chi connectivity index (χ1n) is 5.63. The molecule has 1 saturated heterocycles. The van der Waals surface area contributed by atoms with Crippen molar-refractivity contribution in [2.45, 2.75) is 52.1 Å². The minimum Gasteiger partial charge on any atom is -0.328 e. The van der Waals surface area contributed by atoms with Gasteiger partial charge in [0.1, 0.15) is 0 Å². The van der Waals surface area contributed by atoms with Crippen LogP contribution in [0.3, 0.4) is 0 Å². The van der Waals surface area contributed by atoms with Gasteiger partial charge in [0.2, 0.25) is 0 Å². The first-order valence-corrected chi connectivity index (χ1v) is 5.63. The fourth-order valence-corrected chi connectivity index (χ4v) is 2.28. The second kappa shape index (κ2) is 4.97. The van der Waals surface area contributed by atoms with Crippen LogP contribution in [0.5, 0.6) is 0 Å². The van der Waals surface area contributed by atoms with Gasteiger partial charge in [0.05, 0.1) is 0 Å². The van der Waals surface area contributed by atoms with Crippen LogP contribution in [0.1, 0.15) is 40.0 Å². The third kappa shape index (κ3) is 3.28. The lowest BCUT2D eigenvalue weighted by molar-refractivity contribution is 0.229. The maximum atomic E-state index is 5.80. The van der Waals surface area contributed by atoms with Crippen molar-refractivity contribution < 1.29 is 0 Å². The second-order valence-corrected chi connectivity index (χ2v) is 4.62. The lowest BCUT2D eigenvalue weighted by atomic mass is 10.1. The van der Waals surface area contributed by atoms with Crippen LogP contribution < -0.4 is 5.73 Å². The molecule has 1 aliphatic heterocycles. The van der Waals surface area contributed by atoms with Gasteiger partial charge in [0, 0.05) is 18.6 Å². The normalized spacial score (nSPS) is 29.1. The van der Waals surface area contributed by atoms with Crippen molar-refractivity contribution in [3.8, 4) is 0 Å². The highest BCUT2D eigenvalue weighted by atomic mass is 15.2. The van der Waals surface area contributed by atoms with Gasteiger partial charge in [-0.1, -0.05) is 13.3 Å². The molecule has 2 nitrogen and oxygen atoms in total. The summed E-state index contributed by atoms with van der Waals surface area (Å²) in [5.41, 5.74) is 5.80. The van der Waals surface area contributed by atoms with E-state index in [1.165, 1.54) is 25.9 Å². The topological polar surface area (TPSA) is 29.3 Å². The molecule has 3 unspecified atom stereocenters. The van der Waals surface area contributed by atoms with E-state index in [9.17, 15) is 0 Å². The van der Waals surface area contributed by atoms with Crippen LogP contribution in [-0.4, -0.2) is 30.1 Å². The SMILES string of the molecule is CCC1CCN(C(C)CC(C)N)C1. The molecule has 0 aromatic heterocycles. The van der Waals surface area contributed by atoms with Gasteiger partial charge in [-0.15, -0.1) is 0 Å². The van der Waals surface area contributed by atoms with Crippen molar-refractivity contribution in [1.29, 1.82) is 0 Å². The predicted molar refractivity (Wildman–Crippen MR) is 57.7 cm³/mol. The zero-order chi connectivity index (χ0) is 9.84. The Morgan fingerprint density at radius 3 is 2.62 bits per heavy atom. The van der Waals surface area contributed by atoms with Gasteiger partial charge in [-0.05, 0) is 39.2 Å². The predicted octanol–water partition coefficient (Wildman–Crippen LogP) is 1.84. The van der Waals surface area contributed by atoms with E-state index in [1.54, 1.807) is 0 Å². The van der Waals surface area contributed by atoms with E-state index in [0.717, 1.165) is 12.3 Å². The lowest BCUT2D eigenvalue weighted by Gasteiger charge is -2.25. The second-order valence-electron chi connectivity index (χ2n) is 4.62. The van der Waals surface area contributed by atoms with Crippen LogP contribution >= 0.6 is 0 Å². The van der Waals surface area contributed by atoms with Gasteiger partial charge in [0.15, 0.2) is 0 Å². The molecule has 3 atom stereocenters. The molecule has 78 valence electrons. The zero-order valence-electron chi connectivity index (χ0n) is 9.29. The maximum Gasteiger partial charge on any atom is 0.00816 e. The van der Waals surface area contributed by atoms with Gasteiger partial charge in [-0.3, -0.25) is 0 Å². The molecule has 1 fully saturated rings. The summed E-state index contributed by atoms with van der Waals surface area (Å²) in [7, 11) is 0. The average molecular weight is 184 g/mol. The molecule has 0 radical (unpaired) electrons. The third-order valence-electron chi connectivity index (χ3n) is 3.23. The van der Waals surface area contributed by atoms with Gasteiger partial charge in [-0.2, -0.15) is 0 Å². The van der Waals surface area contributed by atoms with E-state index >= 15 is 0 Å². The van der Waals surface area contributed by atoms with Crippen molar-refractivity contribution >= 4 is 0 Å². The summed E-state index contributed by atoms with van der Waals surface area (Å²) in [6.07, 6.45) is 3.86. The van der Waals surface area contributed by atoms with E-state index in [0.29, 0.717) is 12.1 Å². The van der Waals surface area contributed by atoms with Crippen molar-refractivity contribution in [2.24, 2.45) is 11.7 Å². The number of nitrogens with zero attached hydrogens (tertiary/aromatic N) is 1. The summed E-state index contributed by atoms with van der Waals surface area (Å²) < 4.78 is 0. The first kappa shape index (κ1) is 11.0. The van der Waals surface area contributed by atoms with Crippen molar-refractivity contribution in [3.63, 3.8) is 0 Å². The summed E-state index contributed by atoms with van der Waals surface area (Å²) in [5.74, 6) is 0.940. The third-order valence-corrected chi connectivity index (χ3v) is 3.23. The lowest BCUT2D eigenvalue weighted by Crippen LogP contribution is -2.35. The van der Waals surface area contributed by atoms with Crippen LogP contribution in [0.4, 0.5) is 0 Å². The Labute approximate surface area is 82.5 Å². The summed E-state index contributed by atoms with van der Waals surface area (Å²) in [6.45, 7) is 9.28. The molecule has 0 amide bonds. The molecule has 0 aromatic rings. The Balaban J connectivity index is 2.28. The summed E-state index contributed by atoms with van der Waals surface area (Å²) in [6, 6.07) is 1.02. The molecular weight excluding hydrogens is 160 g/mol. The van der Waals surface area contributed by atoms with Crippen LogP contribution in [0.15, 0.2) is 0 Å².